The van der Waals surface area contributed by atoms with E-state index in [1.165, 1.54) is 4.90 Å². The number of hydrogen-bond acceptors (Lipinski definition) is 3. The highest BCUT2D eigenvalue weighted by Crippen LogP contribution is 2.20. The quantitative estimate of drug-likeness (QED) is 0.771. The third-order valence-electron chi connectivity index (χ3n) is 5.23. The molecule has 2 heterocycles. The number of carbonyl (C=O) groups is 2. The number of likely N-dealkylation sites (tertiary alicyclic amines) is 1. The number of benzene rings is 1. The second kappa shape index (κ2) is 9.26. The van der Waals surface area contributed by atoms with E-state index in [4.69, 9.17) is 16.0 Å². The van der Waals surface area contributed by atoms with Crippen molar-refractivity contribution in [1.82, 2.24) is 10.2 Å². The van der Waals surface area contributed by atoms with Crippen molar-refractivity contribution in [2.24, 2.45) is 5.92 Å². The molecule has 1 aliphatic rings. The van der Waals surface area contributed by atoms with Crippen LogP contribution < -0.4 is 10.2 Å². The van der Waals surface area contributed by atoms with Crippen LogP contribution in [0.15, 0.2) is 47.1 Å². The van der Waals surface area contributed by atoms with Gasteiger partial charge in [0.05, 0.1) is 32.8 Å². The average Bonchev–Trinajstić information content (AvgIpc) is 3.22. The highest BCUT2D eigenvalue weighted by atomic mass is 35.5. The second-order valence-corrected chi connectivity index (χ2v) is 7.92. The van der Waals surface area contributed by atoms with Gasteiger partial charge in [-0.2, -0.15) is 0 Å². The number of rotatable bonds is 6. The molecular weight excluding hydrogens is 378 g/mol. The summed E-state index contributed by atoms with van der Waals surface area (Å²) in [6.07, 6.45) is 3.25. The lowest BCUT2D eigenvalue weighted by molar-refractivity contribution is -0.891. The molecule has 6 nitrogen and oxygen atoms in total. The zero-order chi connectivity index (χ0) is 20.1. The van der Waals surface area contributed by atoms with Gasteiger partial charge in [0.1, 0.15) is 0 Å². The lowest BCUT2D eigenvalue weighted by Crippen LogP contribution is -3.07. The van der Waals surface area contributed by atoms with Gasteiger partial charge in [-0.1, -0.05) is 11.6 Å². The van der Waals surface area contributed by atoms with Crippen LogP contribution in [-0.2, 0) is 4.79 Å². The number of nitrogens with one attached hydrogen (secondary N) is 2. The number of halogens is 1. The van der Waals surface area contributed by atoms with E-state index >= 15 is 0 Å². The van der Waals surface area contributed by atoms with Gasteiger partial charge in [0.15, 0.2) is 11.8 Å². The van der Waals surface area contributed by atoms with E-state index in [0.717, 1.165) is 18.6 Å². The summed E-state index contributed by atoms with van der Waals surface area (Å²) in [4.78, 5) is 28.4. The fraction of sp³-hybridized carbons (Fsp3) is 0.429. The first-order chi connectivity index (χ1) is 13.5. The van der Waals surface area contributed by atoms with Crippen LogP contribution in [0.3, 0.4) is 0 Å². The Kier molecular flexibility index (Phi) is 6.75. The molecule has 2 N–H and O–H groups in total. The number of carbonyl (C=O) groups excluding carboxylic acids is 2. The molecule has 7 heteroatoms. The molecule has 3 rings (SSSR count). The Hall–Kier alpha value is -2.31. The van der Waals surface area contributed by atoms with Crippen LogP contribution in [0.25, 0.3) is 0 Å². The van der Waals surface area contributed by atoms with Gasteiger partial charge in [0.25, 0.3) is 5.91 Å². The van der Waals surface area contributed by atoms with Crippen molar-refractivity contribution in [2.75, 3.05) is 33.7 Å². The zero-order valence-corrected chi connectivity index (χ0v) is 17.0. The van der Waals surface area contributed by atoms with Gasteiger partial charge in [-0.25, -0.2) is 0 Å². The van der Waals surface area contributed by atoms with Gasteiger partial charge >= 0.3 is 0 Å². The van der Waals surface area contributed by atoms with Crippen molar-refractivity contribution < 1.29 is 18.9 Å². The van der Waals surface area contributed by atoms with E-state index in [1.807, 2.05) is 26.2 Å². The molecule has 0 aliphatic carbocycles. The topological polar surface area (TPSA) is 67.0 Å². The van der Waals surface area contributed by atoms with Gasteiger partial charge in [-0.3, -0.25) is 9.59 Å². The van der Waals surface area contributed by atoms with Crippen molar-refractivity contribution >= 4 is 23.4 Å². The third-order valence-corrected chi connectivity index (χ3v) is 5.49. The predicted octanol–water partition coefficient (Wildman–Crippen LogP) is 1.79. The van der Waals surface area contributed by atoms with Crippen LogP contribution >= 0.6 is 11.6 Å². The molecule has 0 bridgehead atoms. The number of quaternary nitrogens is 1. The van der Waals surface area contributed by atoms with Crippen molar-refractivity contribution in [3.8, 4) is 0 Å². The molecule has 2 aromatic rings. The SMILES string of the molecule is C[NH+](C)[C@@H](CNC(=O)[C@@H]1CCCN(C(=O)c2ccc(Cl)cc2)C1)c1ccco1. The predicted molar refractivity (Wildman–Crippen MR) is 107 cm³/mol. The molecule has 0 saturated carbocycles. The van der Waals surface area contributed by atoms with Crippen molar-refractivity contribution in [3.05, 3.63) is 59.0 Å². The van der Waals surface area contributed by atoms with Crippen LogP contribution in [0, 0.1) is 5.92 Å². The van der Waals surface area contributed by atoms with Crippen molar-refractivity contribution in [2.45, 2.75) is 18.9 Å². The number of piperidine rings is 1. The van der Waals surface area contributed by atoms with E-state index in [1.54, 1.807) is 35.4 Å². The van der Waals surface area contributed by atoms with Crippen LogP contribution in [0.5, 0.6) is 0 Å². The summed E-state index contributed by atoms with van der Waals surface area (Å²) >= 11 is 5.90. The molecule has 1 fully saturated rings. The van der Waals surface area contributed by atoms with E-state index in [0.29, 0.717) is 30.2 Å². The Morgan fingerprint density at radius 2 is 2.04 bits per heavy atom. The molecular formula is C21H27ClN3O3+. The van der Waals surface area contributed by atoms with Gasteiger partial charge in [-0.15, -0.1) is 0 Å². The van der Waals surface area contributed by atoms with Crippen LogP contribution in [0.2, 0.25) is 5.02 Å². The second-order valence-electron chi connectivity index (χ2n) is 7.49. The Labute approximate surface area is 170 Å². The third kappa shape index (κ3) is 4.94. The molecule has 0 unspecified atom stereocenters. The Bertz CT molecular complexity index is 790. The summed E-state index contributed by atoms with van der Waals surface area (Å²) < 4.78 is 5.51. The summed E-state index contributed by atoms with van der Waals surface area (Å²) in [6.45, 7) is 1.60. The highest BCUT2D eigenvalue weighted by molar-refractivity contribution is 6.30. The Balaban J connectivity index is 1.58. The molecule has 0 spiro atoms. The normalized spacial score (nSPS) is 18.1. The molecule has 2 atom stereocenters. The van der Waals surface area contributed by atoms with Gasteiger partial charge < -0.3 is 19.5 Å². The van der Waals surface area contributed by atoms with Crippen LogP contribution in [0.1, 0.15) is 35.0 Å². The minimum Gasteiger partial charge on any atom is -0.463 e. The molecule has 1 aromatic heterocycles. The summed E-state index contributed by atoms with van der Waals surface area (Å²) in [6, 6.07) is 10.7. The summed E-state index contributed by atoms with van der Waals surface area (Å²) in [5, 5.41) is 3.65. The minimum absolute atomic E-state index is 0.00795. The largest absolute Gasteiger partial charge is 0.463 e. The molecule has 28 heavy (non-hydrogen) atoms. The smallest absolute Gasteiger partial charge is 0.253 e. The first-order valence-electron chi connectivity index (χ1n) is 9.61. The fourth-order valence-electron chi connectivity index (χ4n) is 3.58. The Morgan fingerprint density at radius 1 is 1.29 bits per heavy atom. The molecule has 150 valence electrons. The molecule has 0 radical (unpaired) electrons. The minimum atomic E-state index is -0.195. The van der Waals surface area contributed by atoms with E-state index in [9.17, 15) is 9.59 Å². The monoisotopic (exact) mass is 404 g/mol. The standard InChI is InChI=1S/C21H26ClN3O3/c1-24(2)18(19-6-4-12-28-19)13-23-20(26)16-5-3-11-25(14-16)21(27)15-7-9-17(22)10-8-15/h4,6-10,12,16,18H,3,5,11,13-14H2,1-2H3,(H,23,26)/p+1/t16-,18+/m1/s1. The molecule has 1 aliphatic heterocycles. The number of hydrogen-bond donors (Lipinski definition) is 2. The lowest BCUT2D eigenvalue weighted by Gasteiger charge is -2.32. The molecule has 1 aromatic carbocycles. The van der Waals surface area contributed by atoms with Gasteiger partial charge in [-0.05, 0) is 49.2 Å². The average molecular weight is 405 g/mol. The van der Waals surface area contributed by atoms with Crippen LogP contribution in [0.4, 0.5) is 0 Å². The highest BCUT2D eigenvalue weighted by Gasteiger charge is 2.30. The summed E-state index contributed by atoms with van der Waals surface area (Å²) in [5.74, 6) is 0.592. The first kappa shape index (κ1) is 20.4. The Morgan fingerprint density at radius 3 is 2.68 bits per heavy atom. The number of amides is 2. The summed E-state index contributed by atoms with van der Waals surface area (Å²) in [7, 11) is 4.07. The number of nitrogens with zero attached hydrogens (tertiary/aromatic N) is 1. The van der Waals surface area contributed by atoms with Crippen molar-refractivity contribution in [3.63, 3.8) is 0 Å². The number of furan rings is 1. The van der Waals surface area contributed by atoms with E-state index < -0.39 is 0 Å². The van der Waals surface area contributed by atoms with Crippen LogP contribution in [-0.4, -0.2) is 50.4 Å². The fourth-order valence-corrected chi connectivity index (χ4v) is 3.70. The van der Waals surface area contributed by atoms with E-state index in [-0.39, 0.29) is 23.8 Å². The maximum Gasteiger partial charge on any atom is 0.253 e. The zero-order valence-electron chi connectivity index (χ0n) is 16.3. The van der Waals surface area contributed by atoms with Gasteiger partial charge in [0, 0.05) is 23.7 Å². The van der Waals surface area contributed by atoms with Gasteiger partial charge in [0.2, 0.25) is 5.91 Å². The lowest BCUT2D eigenvalue weighted by atomic mass is 9.96. The molecule has 1 saturated heterocycles. The van der Waals surface area contributed by atoms with Crippen molar-refractivity contribution in [1.29, 1.82) is 0 Å². The molecule has 2 amide bonds. The summed E-state index contributed by atoms with van der Waals surface area (Å²) in [5.41, 5.74) is 0.597. The number of likely N-dealkylation sites (N-methyl/N-ethyl adjacent to an activating group) is 1. The first-order valence-corrected chi connectivity index (χ1v) is 9.99. The maximum absolute atomic E-state index is 12.7. The van der Waals surface area contributed by atoms with E-state index in [2.05, 4.69) is 5.32 Å². The maximum atomic E-state index is 12.7.